The SMILES string of the molecule is O=C(CSc1ccc([N+](=O)[O-])cn1)Nc1ccc(F)c(Cl)c1. The number of benzene rings is 1. The molecule has 22 heavy (non-hydrogen) atoms. The van der Waals surface area contributed by atoms with Crippen molar-refractivity contribution in [2.24, 2.45) is 0 Å². The molecule has 0 aliphatic rings. The van der Waals surface area contributed by atoms with Gasteiger partial charge in [0.1, 0.15) is 12.0 Å². The van der Waals surface area contributed by atoms with Gasteiger partial charge in [0.25, 0.3) is 5.69 Å². The van der Waals surface area contributed by atoms with Crippen LogP contribution in [-0.2, 0) is 4.79 Å². The zero-order valence-electron chi connectivity index (χ0n) is 11.0. The second-order valence-electron chi connectivity index (χ2n) is 4.08. The Morgan fingerprint density at radius 2 is 2.18 bits per heavy atom. The number of anilines is 1. The average molecular weight is 342 g/mol. The van der Waals surface area contributed by atoms with Crippen LogP contribution in [0.25, 0.3) is 0 Å². The Balaban J connectivity index is 1.89. The van der Waals surface area contributed by atoms with Gasteiger partial charge in [-0.1, -0.05) is 23.4 Å². The summed E-state index contributed by atoms with van der Waals surface area (Å²) in [4.78, 5) is 25.6. The maximum atomic E-state index is 13.0. The average Bonchev–Trinajstić information content (AvgIpc) is 2.49. The van der Waals surface area contributed by atoms with E-state index >= 15 is 0 Å². The number of aromatic nitrogens is 1. The van der Waals surface area contributed by atoms with Crippen LogP contribution in [0.5, 0.6) is 0 Å². The van der Waals surface area contributed by atoms with Crippen LogP contribution in [0, 0.1) is 15.9 Å². The summed E-state index contributed by atoms with van der Waals surface area (Å²) in [6, 6.07) is 6.64. The van der Waals surface area contributed by atoms with Gasteiger partial charge in [-0.3, -0.25) is 14.9 Å². The molecular weight excluding hydrogens is 333 g/mol. The Kier molecular flexibility index (Phi) is 5.29. The standard InChI is InChI=1S/C13H9ClFN3O3S/c14-10-5-8(1-3-11(10)15)17-12(19)7-22-13-4-2-9(6-16-13)18(20)21/h1-6H,7H2,(H,17,19). The van der Waals surface area contributed by atoms with Gasteiger partial charge < -0.3 is 5.32 Å². The number of carbonyl (C=O) groups excluding carboxylic acids is 1. The van der Waals surface area contributed by atoms with Gasteiger partial charge in [0.05, 0.1) is 20.7 Å². The third-order valence-corrected chi connectivity index (χ3v) is 3.72. The van der Waals surface area contributed by atoms with Crippen molar-refractivity contribution >= 4 is 40.6 Å². The molecule has 6 nitrogen and oxygen atoms in total. The maximum Gasteiger partial charge on any atom is 0.287 e. The molecule has 1 aromatic carbocycles. The molecule has 1 N–H and O–H groups in total. The highest BCUT2D eigenvalue weighted by Gasteiger charge is 2.09. The maximum absolute atomic E-state index is 13.0. The molecule has 0 unspecified atom stereocenters. The molecule has 114 valence electrons. The number of nitro groups is 1. The van der Waals surface area contributed by atoms with E-state index in [1.807, 2.05) is 0 Å². The predicted octanol–water partition coefficient (Wildman–Crippen LogP) is 3.51. The van der Waals surface area contributed by atoms with Crippen molar-refractivity contribution in [1.29, 1.82) is 0 Å². The van der Waals surface area contributed by atoms with Gasteiger partial charge in [-0.2, -0.15) is 0 Å². The first-order valence-corrected chi connectivity index (χ1v) is 7.30. The topological polar surface area (TPSA) is 85.1 Å². The van der Waals surface area contributed by atoms with E-state index in [1.165, 1.54) is 24.3 Å². The second kappa shape index (κ2) is 7.19. The molecule has 0 radical (unpaired) electrons. The highest BCUT2D eigenvalue weighted by Crippen LogP contribution is 2.21. The van der Waals surface area contributed by atoms with Gasteiger partial charge in [0.2, 0.25) is 5.91 Å². The van der Waals surface area contributed by atoms with E-state index in [9.17, 15) is 19.3 Å². The van der Waals surface area contributed by atoms with Gasteiger partial charge in [-0.15, -0.1) is 0 Å². The molecule has 0 fully saturated rings. The molecule has 1 heterocycles. The van der Waals surface area contributed by atoms with E-state index in [2.05, 4.69) is 10.3 Å². The van der Waals surface area contributed by atoms with E-state index in [1.54, 1.807) is 0 Å². The monoisotopic (exact) mass is 341 g/mol. The number of rotatable bonds is 5. The molecule has 1 amide bonds. The lowest BCUT2D eigenvalue weighted by Gasteiger charge is -2.05. The van der Waals surface area contributed by atoms with E-state index in [0.717, 1.165) is 24.0 Å². The fourth-order valence-corrected chi connectivity index (χ4v) is 2.30. The summed E-state index contributed by atoms with van der Waals surface area (Å²) in [5, 5.41) is 13.5. The van der Waals surface area contributed by atoms with Crippen molar-refractivity contribution in [1.82, 2.24) is 4.98 Å². The lowest BCUT2D eigenvalue weighted by molar-refractivity contribution is -0.385. The number of thioether (sulfide) groups is 1. The Morgan fingerprint density at radius 1 is 1.41 bits per heavy atom. The van der Waals surface area contributed by atoms with Crippen LogP contribution in [0.4, 0.5) is 15.8 Å². The van der Waals surface area contributed by atoms with Crippen LogP contribution >= 0.6 is 23.4 Å². The van der Waals surface area contributed by atoms with Gasteiger partial charge in [0, 0.05) is 11.8 Å². The minimum Gasteiger partial charge on any atom is -0.325 e. The molecule has 0 atom stereocenters. The smallest absolute Gasteiger partial charge is 0.287 e. The summed E-state index contributed by atoms with van der Waals surface area (Å²) in [5.41, 5.74) is 0.267. The minimum atomic E-state index is -0.566. The van der Waals surface area contributed by atoms with Crippen molar-refractivity contribution in [2.75, 3.05) is 11.1 Å². The number of amides is 1. The summed E-state index contributed by atoms with van der Waals surface area (Å²) < 4.78 is 13.0. The minimum absolute atomic E-state index is 0.0554. The first-order valence-electron chi connectivity index (χ1n) is 5.94. The molecule has 1 aromatic heterocycles. The molecule has 0 bridgehead atoms. The second-order valence-corrected chi connectivity index (χ2v) is 5.48. The predicted molar refractivity (Wildman–Crippen MR) is 81.7 cm³/mol. The fourth-order valence-electron chi connectivity index (χ4n) is 1.48. The van der Waals surface area contributed by atoms with E-state index < -0.39 is 10.7 Å². The highest BCUT2D eigenvalue weighted by molar-refractivity contribution is 7.99. The number of nitrogens with one attached hydrogen (secondary N) is 1. The fraction of sp³-hybridized carbons (Fsp3) is 0.0769. The van der Waals surface area contributed by atoms with Gasteiger partial charge in [0.15, 0.2) is 0 Å². The zero-order chi connectivity index (χ0) is 16.1. The number of halogens is 2. The zero-order valence-corrected chi connectivity index (χ0v) is 12.5. The lowest BCUT2D eigenvalue weighted by Crippen LogP contribution is -2.14. The molecule has 0 saturated carbocycles. The number of carbonyl (C=O) groups is 1. The number of nitrogens with zero attached hydrogens (tertiary/aromatic N) is 2. The van der Waals surface area contributed by atoms with Crippen LogP contribution in [0.2, 0.25) is 5.02 Å². The quantitative estimate of drug-likeness (QED) is 0.511. The summed E-state index contributed by atoms with van der Waals surface area (Å²) in [6.07, 6.45) is 1.12. The summed E-state index contributed by atoms with van der Waals surface area (Å²) in [6.45, 7) is 0. The van der Waals surface area contributed by atoms with E-state index in [-0.39, 0.29) is 22.4 Å². The van der Waals surface area contributed by atoms with E-state index in [0.29, 0.717) is 10.7 Å². The van der Waals surface area contributed by atoms with Gasteiger partial charge >= 0.3 is 0 Å². The molecule has 9 heteroatoms. The van der Waals surface area contributed by atoms with Gasteiger partial charge in [-0.05, 0) is 24.3 Å². The van der Waals surface area contributed by atoms with Crippen LogP contribution in [0.3, 0.4) is 0 Å². The molecule has 0 spiro atoms. The highest BCUT2D eigenvalue weighted by atomic mass is 35.5. The lowest BCUT2D eigenvalue weighted by atomic mass is 10.3. The van der Waals surface area contributed by atoms with Crippen LogP contribution in [0.15, 0.2) is 41.6 Å². The first kappa shape index (κ1) is 16.2. The Hall–Kier alpha value is -2.19. The third kappa shape index (κ3) is 4.40. The normalized spacial score (nSPS) is 10.3. The van der Waals surface area contributed by atoms with Crippen molar-refractivity contribution in [3.8, 4) is 0 Å². The largest absolute Gasteiger partial charge is 0.325 e. The first-order chi connectivity index (χ1) is 10.5. The number of hydrogen-bond acceptors (Lipinski definition) is 5. The summed E-state index contributed by atoms with van der Waals surface area (Å²) in [5.74, 6) is -0.836. The van der Waals surface area contributed by atoms with Crippen molar-refractivity contribution in [3.05, 3.63) is 57.5 Å². The van der Waals surface area contributed by atoms with Crippen molar-refractivity contribution in [3.63, 3.8) is 0 Å². The molecular formula is C13H9ClFN3O3S. The molecule has 0 saturated heterocycles. The van der Waals surface area contributed by atoms with Gasteiger partial charge in [-0.25, -0.2) is 9.37 Å². The third-order valence-electron chi connectivity index (χ3n) is 2.49. The molecule has 0 aliphatic heterocycles. The Labute approximate surface area is 133 Å². The Morgan fingerprint density at radius 3 is 2.77 bits per heavy atom. The molecule has 2 rings (SSSR count). The van der Waals surface area contributed by atoms with Crippen molar-refractivity contribution in [2.45, 2.75) is 5.03 Å². The number of hydrogen-bond donors (Lipinski definition) is 1. The molecule has 2 aromatic rings. The van der Waals surface area contributed by atoms with Crippen LogP contribution in [-0.4, -0.2) is 21.6 Å². The Bertz CT molecular complexity index is 712. The van der Waals surface area contributed by atoms with E-state index in [4.69, 9.17) is 11.6 Å². The molecule has 0 aliphatic carbocycles. The van der Waals surface area contributed by atoms with Crippen LogP contribution in [0.1, 0.15) is 0 Å². The number of pyridine rings is 1. The van der Waals surface area contributed by atoms with Crippen LogP contribution < -0.4 is 5.32 Å². The van der Waals surface area contributed by atoms with Crippen molar-refractivity contribution < 1.29 is 14.1 Å². The summed E-state index contributed by atoms with van der Waals surface area (Å²) in [7, 11) is 0. The summed E-state index contributed by atoms with van der Waals surface area (Å²) >= 11 is 6.74.